The molecule has 2 N–H and O–H groups in total. The lowest BCUT2D eigenvalue weighted by Gasteiger charge is -2.07. The highest BCUT2D eigenvalue weighted by Gasteiger charge is 2.13. The van der Waals surface area contributed by atoms with Crippen LogP contribution in [0.5, 0.6) is 5.75 Å². The summed E-state index contributed by atoms with van der Waals surface area (Å²) in [5.74, 6) is 0.682. The van der Waals surface area contributed by atoms with Crippen LogP contribution in [0.15, 0.2) is 24.3 Å². The number of anilines is 1. The van der Waals surface area contributed by atoms with Crippen molar-refractivity contribution >= 4 is 17.5 Å². The van der Waals surface area contributed by atoms with Crippen LogP contribution >= 0.6 is 11.6 Å². The molecule has 0 amide bonds. The topological polar surface area (TPSA) is 84.8 Å². The molecule has 18 heavy (non-hydrogen) atoms. The van der Waals surface area contributed by atoms with Crippen molar-refractivity contribution in [3.8, 4) is 23.1 Å². The molecular formula is C12H9ClN4O. The predicted molar refractivity (Wildman–Crippen MR) is 68.2 cm³/mol. The fraction of sp³-hybridized carbons (Fsp3) is 0.0833. The number of hydrogen-bond donors (Lipinski definition) is 1. The van der Waals surface area contributed by atoms with E-state index in [0.717, 1.165) is 0 Å². The Morgan fingerprint density at radius 1 is 1.39 bits per heavy atom. The first-order chi connectivity index (χ1) is 8.65. The quantitative estimate of drug-likeness (QED) is 0.837. The zero-order valence-electron chi connectivity index (χ0n) is 9.51. The Hall–Kier alpha value is -2.32. The molecule has 1 heterocycles. The number of aromatic nitrogens is 2. The number of ether oxygens (including phenoxy) is 1. The van der Waals surface area contributed by atoms with Gasteiger partial charge in [-0.1, -0.05) is 23.7 Å². The lowest BCUT2D eigenvalue weighted by molar-refractivity contribution is 0.415. The molecule has 90 valence electrons. The van der Waals surface area contributed by atoms with E-state index in [1.165, 1.54) is 0 Å². The van der Waals surface area contributed by atoms with Crippen LogP contribution < -0.4 is 10.5 Å². The van der Waals surface area contributed by atoms with Crippen molar-refractivity contribution in [2.24, 2.45) is 0 Å². The highest BCUT2D eigenvalue weighted by atomic mass is 35.5. The normalized spacial score (nSPS) is 9.83. The maximum atomic E-state index is 9.09. The molecule has 0 fully saturated rings. The SMILES string of the molecule is COc1cccc(-c2nc(N)nc(Cl)c2C#N)c1. The number of benzene rings is 1. The number of hydrogen-bond acceptors (Lipinski definition) is 5. The monoisotopic (exact) mass is 260 g/mol. The maximum absolute atomic E-state index is 9.09. The van der Waals surface area contributed by atoms with E-state index in [-0.39, 0.29) is 16.7 Å². The van der Waals surface area contributed by atoms with Gasteiger partial charge in [-0.05, 0) is 12.1 Å². The van der Waals surface area contributed by atoms with Crippen molar-refractivity contribution < 1.29 is 4.74 Å². The van der Waals surface area contributed by atoms with Gasteiger partial charge in [-0.25, -0.2) is 4.98 Å². The number of nitrogens with two attached hydrogens (primary N) is 1. The molecule has 2 rings (SSSR count). The molecule has 0 aliphatic rings. The first-order valence-electron chi connectivity index (χ1n) is 5.03. The maximum Gasteiger partial charge on any atom is 0.222 e. The largest absolute Gasteiger partial charge is 0.497 e. The Bertz CT molecular complexity index is 636. The van der Waals surface area contributed by atoms with Crippen molar-refractivity contribution in [1.82, 2.24) is 9.97 Å². The third kappa shape index (κ3) is 2.19. The van der Waals surface area contributed by atoms with Crippen LogP contribution in [0.25, 0.3) is 11.3 Å². The van der Waals surface area contributed by atoms with Gasteiger partial charge in [0.15, 0.2) is 5.15 Å². The number of halogens is 1. The van der Waals surface area contributed by atoms with Gasteiger partial charge < -0.3 is 10.5 Å². The minimum atomic E-state index is 0.0248. The van der Waals surface area contributed by atoms with Gasteiger partial charge in [0, 0.05) is 5.56 Å². The molecule has 0 aliphatic heterocycles. The first kappa shape index (κ1) is 12.1. The third-order valence-electron chi connectivity index (χ3n) is 2.34. The van der Waals surface area contributed by atoms with E-state index in [1.807, 2.05) is 6.07 Å². The Balaban J connectivity index is 2.66. The minimum Gasteiger partial charge on any atom is -0.497 e. The highest BCUT2D eigenvalue weighted by molar-refractivity contribution is 6.31. The average Bonchev–Trinajstić information content (AvgIpc) is 2.38. The number of nitrogen functional groups attached to an aromatic ring is 1. The van der Waals surface area contributed by atoms with Gasteiger partial charge in [0.1, 0.15) is 17.4 Å². The summed E-state index contributed by atoms with van der Waals surface area (Å²) < 4.78 is 5.12. The molecule has 0 bridgehead atoms. The lowest BCUT2D eigenvalue weighted by atomic mass is 10.1. The Morgan fingerprint density at radius 3 is 2.83 bits per heavy atom. The molecular weight excluding hydrogens is 252 g/mol. The molecule has 1 aromatic carbocycles. The predicted octanol–water partition coefficient (Wildman–Crippen LogP) is 2.26. The van der Waals surface area contributed by atoms with Crippen LogP contribution in [0, 0.1) is 11.3 Å². The minimum absolute atomic E-state index is 0.0248. The number of methoxy groups -OCH3 is 1. The Morgan fingerprint density at radius 2 is 2.17 bits per heavy atom. The van der Waals surface area contributed by atoms with Gasteiger partial charge in [0.2, 0.25) is 5.95 Å². The molecule has 0 saturated heterocycles. The van der Waals surface area contributed by atoms with Crippen molar-refractivity contribution in [1.29, 1.82) is 5.26 Å². The second kappa shape index (κ2) is 4.90. The van der Waals surface area contributed by atoms with Crippen LogP contribution in [0.3, 0.4) is 0 Å². The van der Waals surface area contributed by atoms with Crippen LogP contribution in [0.4, 0.5) is 5.95 Å². The van der Waals surface area contributed by atoms with Crippen molar-refractivity contribution in [2.75, 3.05) is 12.8 Å². The van der Waals surface area contributed by atoms with Gasteiger partial charge >= 0.3 is 0 Å². The highest BCUT2D eigenvalue weighted by Crippen LogP contribution is 2.28. The summed E-state index contributed by atoms with van der Waals surface area (Å²) in [5.41, 5.74) is 6.83. The second-order valence-corrected chi connectivity index (χ2v) is 3.80. The molecule has 0 radical (unpaired) electrons. The van der Waals surface area contributed by atoms with Crippen molar-refractivity contribution in [3.05, 3.63) is 35.0 Å². The molecule has 0 unspecified atom stereocenters. The van der Waals surface area contributed by atoms with E-state index >= 15 is 0 Å². The number of nitriles is 1. The Kier molecular flexibility index (Phi) is 3.31. The second-order valence-electron chi connectivity index (χ2n) is 3.44. The molecule has 0 atom stereocenters. The summed E-state index contributed by atoms with van der Waals surface area (Å²) in [7, 11) is 1.56. The summed E-state index contributed by atoms with van der Waals surface area (Å²) in [6, 6.07) is 9.10. The van der Waals surface area contributed by atoms with E-state index in [1.54, 1.807) is 31.4 Å². The van der Waals surface area contributed by atoms with Crippen LogP contribution in [-0.2, 0) is 0 Å². The van der Waals surface area contributed by atoms with Gasteiger partial charge in [-0.2, -0.15) is 10.2 Å². The molecule has 0 spiro atoms. The van der Waals surface area contributed by atoms with Crippen LogP contribution in [0.1, 0.15) is 5.56 Å². The van der Waals surface area contributed by atoms with Gasteiger partial charge in [-0.3, -0.25) is 0 Å². The number of rotatable bonds is 2. The molecule has 5 nitrogen and oxygen atoms in total. The average molecular weight is 261 g/mol. The molecule has 6 heteroatoms. The zero-order valence-corrected chi connectivity index (χ0v) is 10.3. The summed E-state index contributed by atoms with van der Waals surface area (Å²) in [6.45, 7) is 0. The summed E-state index contributed by atoms with van der Waals surface area (Å²) in [4.78, 5) is 7.81. The summed E-state index contributed by atoms with van der Waals surface area (Å²) >= 11 is 5.87. The zero-order chi connectivity index (χ0) is 13.1. The van der Waals surface area contributed by atoms with E-state index in [0.29, 0.717) is 17.0 Å². The van der Waals surface area contributed by atoms with E-state index in [2.05, 4.69) is 9.97 Å². The number of nitrogens with zero attached hydrogens (tertiary/aromatic N) is 3. The summed E-state index contributed by atoms with van der Waals surface area (Å²) in [6.07, 6.45) is 0. The van der Waals surface area contributed by atoms with Crippen LogP contribution in [0.2, 0.25) is 5.15 Å². The molecule has 2 aromatic rings. The van der Waals surface area contributed by atoms with E-state index < -0.39 is 0 Å². The lowest BCUT2D eigenvalue weighted by Crippen LogP contribution is -2.00. The standard InChI is InChI=1S/C12H9ClN4O/c1-18-8-4-2-3-7(5-8)10-9(6-14)11(13)17-12(15)16-10/h2-5H,1H3,(H2,15,16,17). The fourth-order valence-electron chi connectivity index (χ4n) is 1.53. The van der Waals surface area contributed by atoms with Gasteiger partial charge in [0.25, 0.3) is 0 Å². The van der Waals surface area contributed by atoms with Crippen molar-refractivity contribution in [2.45, 2.75) is 0 Å². The van der Waals surface area contributed by atoms with Gasteiger partial charge in [0.05, 0.1) is 12.8 Å². The molecule has 0 saturated carbocycles. The third-order valence-corrected chi connectivity index (χ3v) is 2.61. The van der Waals surface area contributed by atoms with Crippen LogP contribution in [-0.4, -0.2) is 17.1 Å². The van der Waals surface area contributed by atoms with Crippen molar-refractivity contribution in [3.63, 3.8) is 0 Å². The molecule has 1 aromatic heterocycles. The smallest absolute Gasteiger partial charge is 0.222 e. The Labute approximate surface area is 109 Å². The van der Waals surface area contributed by atoms with Gasteiger partial charge in [-0.15, -0.1) is 0 Å². The molecule has 0 aliphatic carbocycles. The summed E-state index contributed by atoms with van der Waals surface area (Å²) in [5, 5.41) is 9.14. The van der Waals surface area contributed by atoms with E-state index in [9.17, 15) is 0 Å². The first-order valence-corrected chi connectivity index (χ1v) is 5.41. The fourth-order valence-corrected chi connectivity index (χ4v) is 1.75. The van der Waals surface area contributed by atoms with E-state index in [4.69, 9.17) is 27.3 Å².